The Morgan fingerprint density at radius 2 is 1.90 bits per heavy atom. The van der Waals surface area contributed by atoms with Crippen molar-refractivity contribution in [3.63, 3.8) is 0 Å². The molecule has 1 saturated carbocycles. The minimum absolute atomic E-state index is 0.0283. The molecule has 1 N–H and O–H groups in total. The van der Waals surface area contributed by atoms with Crippen LogP contribution in [0.1, 0.15) is 57.5 Å². The zero-order valence-corrected chi connectivity index (χ0v) is 12.9. The Labute approximate surface area is 122 Å². The first-order chi connectivity index (χ1) is 9.55. The van der Waals surface area contributed by atoms with E-state index in [0.29, 0.717) is 5.92 Å². The Kier molecular flexibility index (Phi) is 3.67. The zero-order chi connectivity index (χ0) is 14.2. The Hall–Kier alpha value is -1.16. The van der Waals surface area contributed by atoms with Gasteiger partial charge in [0.1, 0.15) is 5.82 Å². The van der Waals surface area contributed by atoms with Gasteiger partial charge in [-0.15, -0.1) is 0 Å². The van der Waals surface area contributed by atoms with Crippen molar-refractivity contribution in [1.29, 1.82) is 0 Å². The molecule has 1 saturated heterocycles. The first kappa shape index (κ1) is 13.8. The lowest BCUT2D eigenvalue weighted by atomic mass is 9.81. The van der Waals surface area contributed by atoms with Crippen molar-refractivity contribution in [3.05, 3.63) is 17.7 Å². The van der Waals surface area contributed by atoms with Crippen LogP contribution in [0.25, 0.3) is 0 Å². The Morgan fingerprint density at radius 3 is 2.45 bits per heavy atom. The van der Waals surface area contributed by atoms with Gasteiger partial charge in [0, 0.05) is 37.5 Å². The number of piperazine rings is 1. The standard InChI is InChI=1S/C16H26N4/c1-16(2,3)15-18-11-13(20-9-7-17-8-10-20)14(19-15)12-5-4-6-12/h11-12,17H,4-10H2,1-3H3. The highest BCUT2D eigenvalue weighted by Gasteiger charge is 2.29. The van der Waals surface area contributed by atoms with Gasteiger partial charge in [-0.2, -0.15) is 0 Å². The van der Waals surface area contributed by atoms with E-state index in [1.54, 1.807) is 0 Å². The number of nitrogens with zero attached hydrogens (tertiary/aromatic N) is 3. The Morgan fingerprint density at radius 1 is 1.20 bits per heavy atom. The molecule has 0 atom stereocenters. The van der Waals surface area contributed by atoms with Gasteiger partial charge >= 0.3 is 0 Å². The molecule has 0 radical (unpaired) electrons. The highest BCUT2D eigenvalue weighted by Crippen LogP contribution is 2.40. The third-order valence-electron chi connectivity index (χ3n) is 4.42. The average Bonchev–Trinajstić information content (AvgIpc) is 2.37. The van der Waals surface area contributed by atoms with Crippen LogP contribution in [0.5, 0.6) is 0 Å². The predicted molar refractivity (Wildman–Crippen MR) is 82.4 cm³/mol. The molecular formula is C16H26N4. The quantitative estimate of drug-likeness (QED) is 0.899. The minimum atomic E-state index is 0.0283. The second-order valence-electron chi connectivity index (χ2n) is 7.08. The van der Waals surface area contributed by atoms with Crippen molar-refractivity contribution in [2.45, 2.75) is 51.4 Å². The molecule has 2 heterocycles. The lowest BCUT2D eigenvalue weighted by Gasteiger charge is -2.35. The predicted octanol–water partition coefficient (Wildman–Crippen LogP) is 2.45. The van der Waals surface area contributed by atoms with Crippen LogP contribution in [0.4, 0.5) is 5.69 Å². The normalized spacial score (nSPS) is 20.9. The van der Waals surface area contributed by atoms with Gasteiger partial charge in [0.25, 0.3) is 0 Å². The minimum Gasteiger partial charge on any atom is -0.366 e. The van der Waals surface area contributed by atoms with Crippen LogP contribution in [0.15, 0.2) is 6.20 Å². The fourth-order valence-electron chi connectivity index (χ4n) is 2.88. The number of nitrogens with one attached hydrogen (secondary N) is 1. The van der Waals surface area contributed by atoms with E-state index in [4.69, 9.17) is 4.98 Å². The summed E-state index contributed by atoms with van der Waals surface area (Å²) in [4.78, 5) is 12.1. The lowest BCUT2D eigenvalue weighted by Crippen LogP contribution is -2.44. The molecule has 1 aliphatic carbocycles. The van der Waals surface area contributed by atoms with Crippen molar-refractivity contribution >= 4 is 5.69 Å². The summed E-state index contributed by atoms with van der Waals surface area (Å²) in [5, 5.41) is 3.41. The van der Waals surface area contributed by atoms with E-state index in [9.17, 15) is 0 Å². The van der Waals surface area contributed by atoms with Crippen LogP contribution >= 0.6 is 0 Å². The largest absolute Gasteiger partial charge is 0.366 e. The second-order valence-corrected chi connectivity index (χ2v) is 7.08. The lowest BCUT2D eigenvalue weighted by molar-refractivity contribution is 0.404. The van der Waals surface area contributed by atoms with Gasteiger partial charge in [0.05, 0.1) is 17.6 Å². The van der Waals surface area contributed by atoms with Crippen molar-refractivity contribution in [2.75, 3.05) is 31.1 Å². The van der Waals surface area contributed by atoms with E-state index in [2.05, 4.69) is 42.2 Å². The summed E-state index contributed by atoms with van der Waals surface area (Å²) in [7, 11) is 0. The van der Waals surface area contributed by atoms with E-state index >= 15 is 0 Å². The smallest absolute Gasteiger partial charge is 0.134 e. The first-order valence-electron chi connectivity index (χ1n) is 7.89. The maximum atomic E-state index is 4.97. The van der Waals surface area contributed by atoms with Gasteiger partial charge in [0.2, 0.25) is 0 Å². The molecule has 1 aromatic heterocycles. The molecule has 1 aromatic rings. The van der Waals surface area contributed by atoms with E-state index in [1.165, 1.54) is 30.6 Å². The molecule has 0 spiro atoms. The molecular weight excluding hydrogens is 248 g/mol. The third-order valence-corrected chi connectivity index (χ3v) is 4.42. The number of rotatable bonds is 2. The number of aromatic nitrogens is 2. The second kappa shape index (κ2) is 5.32. The summed E-state index contributed by atoms with van der Waals surface area (Å²) >= 11 is 0. The zero-order valence-electron chi connectivity index (χ0n) is 12.9. The van der Waals surface area contributed by atoms with Gasteiger partial charge < -0.3 is 10.2 Å². The first-order valence-corrected chi connectivity index (χ1v) is 7.89. The SMILES string of the molecule is CC(C)(C)c1ncc(N2CCNCC2)c(C2CCC2)n1. The average molecular weight is 274 g/mol. The molecule has 4 nitrogen and oxygen atoms in total. The molecule has 0 bridgehead atoms. The molecule has 0 aromatic carbocycles. The molecule has 0 unspecified atom stereocenters. The summed E-state index contributed by atoms with van der Waals surface area (Å²) in [6, 6.07) is 0. The monoisotopic (exact) mass is 274 g/mol. The highest BCUT2D eigenvalue weighted by atomic mass is 15.2. The van der Waals surface area contributed by atoms with Crippen molar-refractivity contribution in [3.8, 4) is 0 Å². The molecule has 4 heteroatoms. The van der Waals surface area contributed by atoms with Crippen LogP contribution in [-0.2, 0) is 5.41 Å². The molecule has 0 amide bonds. The summed E-state index contributed by atoms with van der Waals surface area (Å²) in [5.41, 5.74) is 2.61. The molecule has 2 fully saturated rings. The number of hydrogen-bond acceptors (Lipinski definition) is 4. The van der Waals surface area contributed by atoms with Crippen LogP contribution in [0.2, 0.25) is 0 Å². The van der Waals surface area contributed by atoms with Gasteiger partial charge in [-0.1, -0.05) is 27.2 Å². The third kappa shape index (κ3) is 2.66. The Bertz CT molecular complexity index is 468. The maximum Gasteiger partial charge on any atom is 0.134 e. The van der Waals surface area contributed by atoms with Crippen molar-refractivity contribution in [1.82, 2.24) is 15.3 Å². The van der Waals surface area contributed by atoms with E-state index in [1.807, 2.05) is 0 Å². The summed E-state index contributed by atoms with van der Waals surface area (Å²) < 4.78 is 0. The van der Waals surface area contributed by atoms with Gasteiger partial charge in [0.15, 0.2) is 0 Å². The van der Waals surface area contributed by atoms with Crippen molar-refractivity contribution < 1.29 is 0 Å². The molecule has 3 rings (SSSR count). The summed E-state index contributed by atoms with van der Waals surface area (Å²) in [6.45, 7) is 10.8. The van der Waals surface area contributed by atoms with Crippen LogP contribution < -0.4 is 10.2 Å². The topological polar surface area (TPSA) is 41.1 Å². The Balaban J connectivity index is 1.95. The van der Waals surface area contributed by atoms with Gasteiger partial charge in [-0.25, -0.2) is 9.97 Å². The summed E-state index contributed by atoms with van der Waals surface area (Å²) in [5.74, 6) is 1.64. The van der Waals surface area contributed by atoms with Gasteiger partial charge in [-0.05, 0) is 12.8 Å². The molecule has 110 valence electrons. The van der Waals surface area contributed by atoms with E-state index < -0.39 is 0 Å². The van der Waals surface area contributed by atoms with Gasteiger partial charge in [-0.3, -0.25) is 0 Å². The summed E-state index contributed by atoms with van der Waals surface area (Å²) in [6.07, 6.45) is 6.01. The number of anilines is 1. The molecule has 2 aliphatic rings. The fourth-order valence-corrected chi connectivity index (χ4v) is 2.88. The van der Waals surface area contributed by atoms with Crippen molar-refractivity contribution in [2.24, 2.45) is 0 Å². The van der Waals surface area contributed by atoms with Crippen LogP contribution in [-0.4, -0.2) is 36.1 Å². The van der Waals surface area contributed by atoms with E-state index in [-0.39, 0.29) is 5.41 Å². The molecule has 20 heavy (non-hydrogen) atoms. The van der Waals surface area contributed by atoms with Crippen LogP contribution in [0, 0.1) is 0 Å². The fraction of sp³-hybridized carbons (Fsp3) is 0.750. The van der Waals surface area contributed by atoms with E-state index in [0.717, 1.165) is 32.0 Å². The highest BCUT2D eigenvalue weighted by molar-refractivity contribution is 5.52. The maximum absolute atomic E-state index is 4.97. The molecule has 1 aliphatic heterocycles. The van der Waals surface area contributed by atoms with Crippen LogP contribution in [0.3, 0.4) is 0 Å². The number of hydrogen-bond donors (Lipinski definition) is 1.